The Kier molecular flexibility index (Phi) is 6.96. The molecule has 0 bridgehead atoms. The molecular formula is C9H15FO4. The van der Waals surface area contributed by atoms with E-state index in [0.717, 1.165) is 6.08 Å². The van der Waals surface area contributed by atoms with E-state index in [1.54, 1.807) is 6.92 Å². The smallest absolute Gasteiger partial charge is 0.366 e. The molecule has 0 saturated heterocycles. The Bertz CT molecular complexity index is 203. The molecule has 82 valence electrons. The topological polar surface area (TPSA) is 44.8 Å². The van der Waals surface area contributed by atoms with Gasteiger partial charge in [-0.05, 0) is 13.0 Å². The summed E-state index contributed by atoms with van der Waals surface area (Å²) in [6.45, 7) is 1.93. The van der Waals surface area contributed by atoms with Crippen molar-refractivity contribution in [2.75, 3.05) is 27.4 Å². The Balaban J connectivity index is 4.23. The predicted octanol–water partition coefficient (Wildman–Crippen LogP) is 1.06. The number of carbonyl (C=O) groups excluding carboxylic acids is 1. The number of methoxy groups -OCH3 is 2. The van der Waals surface area contributed by atoms with Gasteiger partial charge in [0.2, 0.25) is 5.83 Å². The zero-order valence-corrected chi connectivity index (χ0v) is 8.58. The Hall–Kier alpha value is -0.940. The second kappa shape index (κ2) is 7.46. The quantitative estimate of drug-likeness (QED) is 0.481. The molecule has 1 unspecified atom stereocenters. The summed E-state index contributed by atoms with van der Waals surface area (Å²) < 4.78 is 27.0. The highest BCUT2D eigenvalue weighted by Crippen LogP contribution is 2.04. The number of hydrogen-bond donors (Lipinski definition) is 0. The van der Waals surface area contributed by atoms with E-state index in [-0.39, 0.29) is 13.2 Å². The van der Waals surface area contributed by atoms with Crippen LogP contribution in [-0.2, 0) is 19.0 Å². The molecule has 0 radical (unpaired) electrons. The molecule has 0 aromatic rings. The summed E-state index contributed by atoms with van der Waals surface area (Å²) in [6.07, 6.45) is 0.450. The fraction of sp³-hybridized carbons (Fsp3) is 0.667. The molecule has 0 aromatic heterocycles. The van der Waals surface area contributed by atoms with Gasteiger partial charge in [-0.3, -0.25) is 0 Å². The molecule has 0 saturated carbocycles. The third kappa shape index (κ3) is 4.94. The van der Waals surface area contributed by atoms with Crippen LogP contribution in [0.15, 0.2) is 11.9 Å². The first-order valence-corrected chi connectivity index (χ1v) is 4.21. The Morgan fingerprint density at radius 3 is 2.57 bits per heavy atom. The average molecular weight is 206 g/mol. The molecule has 0 fully saturated rings. The number of halogens is 1. The Morgan fingerprint density at radius 2 is 2.14 bits per heavy atom. The van der Waals surface area contributed by atoms with Gasteiger partial charge in [0.25, 0.3) is 0 Å². The minimum Gasteiger partial charge on any atom is -0.461 e. The van der Waals surface area contributed by atoms with Crippen molar-refractivity contribution < 1.29 is 23.4 Å². The minimum absolute atomic E-state index is 0.141. The number of rotatable bonds is 6. The van der Waals surface area contributed by atoms with Crippen molar-refractivity contribution >= 4 is 5.97 Å². The fourth-order valence-corrected chi connectivity index (χ4v) is 0.780. The van der Waals surface area contributed by atoms with Gasteiger partial charge >= 0.3 is 5.97 Å². The van der Waals surface area contributed by atoms with E-state index < -0.39 is 17.9 Å². The van der Waals surface area contributed by atoms with Crippen molar-refractivity contribution in [2.45, 2.75) is 13.0 Å². The Morgan fingerprint density at radius 1 is 1.50 bits per heavy atom. The van der Waals surface area contributed by atoms with E-state index in [0.29, 0.717) is 0 Å². The largest absolute Gasteiger partial charge is 0.461 e. The summed E-state index contributed by atoms with van der Waals surface area (Å²) in [5.41, 5.74) is 0. The summed E-state index contributed by atoms with van der Waals surface area (Å²) in [6, 6.07) is 0. The van der Waals surface area contributed by atoms with Crippen molar-refractivity contribution in [3.63, 3.8) is 0 Å². The first kappa shape index (κ1) is 13.1. The van der Waals surface area contributed by atoms with Gasteiger partial charge in [0.1, 0.15) is 6.10 Å². The summed E-state index contributed by atoms with van der Waals surface area (Å²) >= 11 is 0. The summed E-state index contributed by atoms with van der Waals surface area (Å²) in [7, 11) is 2.86. The van der Waals surface area contributed by atoms with Crippen molar-refractivity contribution in [3.05, 3.63) is 11.9 Å². The van der Waals surface area contributed by atoms with Gasteiger partial charge in [0, 0.05) is 14.2 Å². The number of ether oxygens (including phenoxy) is 3. The molecule has 0 aliphatic carbocycles. The van der Waals surface area contributed by atoms with Crippen molar-refractivity contribution in [1.29, 1.82) is 0 Å². The number of carbonyl (C=O) groups is 1. The third-order valence-corrected chi connectivity index (χ3v) is 1.44. The van der Waals surface area contributed by atoms with E-state index in [1.807, 2.05) is 0 Å². The molecule has 14 heavy (non-hydrogen) atoms. The van der Waals surface area contributed by atoms with E-state index in [1.165, 1.54) is 14.2 Å². The minimum atomic E-state index is -0.981. The predicted molar refractivity (Wildman–Crippen MR) is 48.5 cm³/mol. The zero-order chi connectivity index (χ0) is 11.0. The SMILES string of the molecule is CCOC(=O)/C(F)=C/C(COC)OC. The van der Waals surface area contributed by atoms with Gasteiger partial charge in [-0.2, -0.15) is 4.39 Å². The van der Waals surface area contributed by atoms with Crippen LogP contribution in [0.5, 0.6) is 0 Å². The molecule has 0 aliphatic heterocycles. The van der Waals surface area contributed by atoms with Gasteiger partial charge in [-0.15, -0.1) is 0 Å². The third-order valence-electron chi connectivity index (χ3n) is 1.44. The lowest BCUT2D eigenvalue weighted by Gasteiger charge is -2.09. The second-order valence-electron chi connectivity index (χ2n) is 2.46. The Labute approximate surface area is 82.6 Å². The number of esters is 1. The van der Waals surface area contributed by atoms with Crippen LogP contribution in [-0.4, -0.2) is 39.5 Å². The van der Waals surface area contributed by atoms with Crippen LogP contribution in [0.1, 0.15) is 6.92 Å². The van der Waals surface area contributed by atoms with Crippen LogP contribution in [0.2, 0.25) is 0 Å². The molecule has 0 amide bonds. The summed E-state index contributed by atoms with van der Waals surface area (Å²) in [4.78, 5) is 10.8. The average Bonchev–Trinajstić information content (AvgIpc) is 2.17. The maximum absolute atomic E-state index is 13.0. The highest BCUT2D eigenvalue weighted by molar-refractivity contribution is 5.85. The first-order valence-electron chi connectivity index (χ1n) is 4.21. The van der Waals surface area contributed by atoms with Crippen LogP contribution in [0.25, 0.3) is 0 Å². The normalized spacial score (nSPS) is 13.9. The molecule has 0 spiro atoms. The van der Waals surface area contributed by atoms with Crippen LogP contribution in [0.3, 0.4) is 0 Å². The van der Waals surface area contributed by atoms with Crippen LogP contribution >= 0.6 is 0 Å². The van der Waals surface area contributed by atoms with Gasteiger partial charge in [0.05, 0.1) is 13.2 Å². The van der Waals surface area contributed by atoms with E-state index in [2.05, 4.69) is 4.74 Å². The molecule has 0 rings (SSSR count). The summed E-state index contributed by atoms with van der Waals surface area (Å²) in [5.74, 6) is -1.94. The van der Waals surface area contributed by atoms with Crippen LogP contribution in [0, 0.1) is 0 Å². The van der Waals surface area contributed by atoms with Crippen LogP contribution in [0.4, 0.5) is 4.39 Å². The van der Waals surface area contributed by atoms with Gasteiger partial charge in [0.15, 0.2) is 0 Å². The second-order valence-corrected chi connectivity index (χ2v) is 2.46. The first-order chi connectivity index (χ1) is 6.65. The van der Waals surface area contributed by atoms with E-state index >= 15 is 0 Å². The van der Waals surface area contributed by atoms with E-state index in [9.17, 15) is 9.18 Å². The molecule has 0 aliphatic rings. The lowest BCUT2D eigenvalue weighted by Crippen LogP contribution is -2.16. The molecule has 4 nitrogen and oxygen atoms in total. The molecule has 0 aromatic carbocycles. The molecule has 0 N–H and O–H groups in total. The maximum atomic E-state index is 13.0. The molecule has 1 atom stereocenters. The molecule has 5 heteroatoms. The lowest BCUT2D eigenvalue weighted by molar-refractivity contribution is -0.140. The number of hydrogen-bond acceptors (Lipinski definition) is 4. The zero-order valence-electron chi connectivity index (χ0n) is 8.58. The maximum Gasteiger partial charge on any atom is 0.366 e. The van der Waals surface area contributed by atoms with E-state index in [4.69, 9.17) is 9.47 Å². The van der Waals surface area contributed by atoms with Crippen molar-refractivity contribution in [1.82, 2.24) is 0 Å². The highest BCUT2D eigenvalue weighted by atomic mass is 19.1. The summed E-state index contributed by atoms with van der Waals surface area (Å²) in [5, 5.41) is 0. The van der Waals surface area contributed by atoms with Crippen molar-refractivity contribution in [2.24, 2.45) is 0 Å². The van der Waals surface area contributed by atoms with Gasteiger partial charge < -0.3 is 14.2 Å². The monoisotopic (exact) mass is 206 g/mol. The molecule has 0 heterocycles. The standard InChI is InChI=1S/C9H15FO4/c1-4-14-9(11)8(10)5-7(13-3)6-12-2/h5,7H,4,6H2,1-3H3/b8-5-. The molecular weight excluding hydrogens is 191 g/mol. The van der Waals surface area contributed by atoms with Crippen LogP contribution < -0.4 is 0 Å². The fourth-order valence-electron chi connectivity index (χ4n) is 0.780. The van der Waals surface area contributed by atoms with Gasteiger partial charge in [-0.1, -0.05) is 0 Å². The van der Waals surface area contributed by atoms with Gasteiger partial charge in [-0.25, -0.2) is 4.79 Å². The lowest BCUT2D eigenvalue weighted by atomic mass is 10.3. The highest BCUT2D eigenvalue weighted by Gasteiger charge is 2.13. The van der Waals surface area contributed by atoms with Crippen molar-refractivity contribution in [3.8, 4) is 0 Å².